The summed E-state index contributed by atoms with van der Waals surface area (Å²) in [7, 11) is 0. The van der Waals surface area contributed by atoms with Crippen LogP contribution in [0.1, 0.15) is 6.42 Å². The van der Waals surface area contributed by atoms with Gasteiger partial charge in [0, 0.05) is 37.8 Å². The number of hydrogen-bond acceptors (Lipinski definition) is 3. The summed E-state index contributed by atoms with van der Waals surface area (Å²) in [6.07, 6.45) is 0.243. The highest BCUT2D eigenvalue weighted by molar-refractivity contribution is 8.00. The minimum Gasteiger partial charge on any atom is -0.396 e. The fourth-order valence-corrected chi connectivity index (χ4v) is 2.01. The van der Waals surface area contributed by atoms with Crippen molar-refractivity contribution in [3.05, 3.63) is 0 Å². The summed E-state index contributed by atoms with van der Waals surface area (Å²) in [6.45, 7) is 0.377. The van der Waals surface area contributed by atoms with Gasteiger partial charge in [-0.15, -0.1) is 0 Å². The van der Waals surface area contributed by atoms with Crippen LogP contribution in [0.15, 0.2) is 0 Å². The second kappa shape index (κ2) is 5.07. The van der Waals surface area contributed by atoms with E-state index in [1.807, 2.05) is 0 Å². The summed E-state index contributed by atoms with van der Waals surface area (Å²) in [5.41, 5.74) is -4.24. The van der Waals surface area contributed by atoms with Gasteiger partial charge in [0.1, 0.15) is 0 Å². The van der Waals surface area contributed by atoms with Crippen LogP contribution in [0.4, 0.5) is 13.2 Å². The monoisotopic (exact) mass is 243 g/mol. The van der Waals surface area contributed by atoms with Crippen LogP contribution in [0.25, 0.3) is 0 Å². The Bertz CT molecular complexity index is 234. The fourth-order valence-electron chi connectivity index (χ4n) is 1.46. The van der Waals surface area contributed by atoms with Crippen molar-refractivity contribution < 1.29 is 23.1 Å². The van der Waals surface area contributed by atoms with E-state index in [4.69, 9.17) is 5.11 Å². The summed E-state index contributed by atoms with van der Waals surface area (Å²) in [6, 6.07) is 0. The highest BCUT2D eigenvalue weighted by atomic mass is 32.2. The van der Waals surface area contributed by atoms with Crippen molar-refractivity contribution in [3.8, 4) is 0 Å². The van der Waals surface area contributed by atoms with Gasteiger partial charge in [-0.1, -0.05) is 0 Å². The van der Waals surface area contributed by atoms with Gasteiger partial charge in [-0.05, 0) is 11.8 Å². The van der Waals surface area contributed by atoms with E-state index < -0.39 is 5.51 Å². The Hall–Kier alpha value is -0.430. The molecule has 7 heteroatoms. The van der Waals surface area contributed by atoms with Crippen LogP contribution in [0, 0.1) is 5.92 Å². The molecule has 1 saturated heterocycles. The minimum absolute atomic E-state index is 0.0886. The molecule has 1 atom stereocenters. The van der Waals surface area contributed by atoms with Gasteiger partial charge in [0.2, 0.25) is 5.91 Å². The number of hydrogen-bond donors (Lipinski definition) is 1. The molecule has 88 valence electrons. The number of aliphatic hydroxyl groups excluding tert-OH is 1. The zero-order valence-electron chi connectivity index (χ0n) is 7.96. The molecule has 15 heavy (non-hydrogen) atoms. The third kappa shape index (κ3) is 4.29. The molecule has 0 aliphatic carbocycles. The van der Waals surface area contributed by atoms with Gasteiger partial charge in [0.05, 0.1) is 0 Å². The van der Waals surface area contributed by atoms with Crippen molar-refractivity contribution in [1.29, 1.82) is 0 Å². The molecule has 1 heterocycles. The van der Waals surface area contributed by atoms with Gasteiger partial charge in [-0.25, -0.2) is 0 Å². The Kier molecular flexibility index (Phi) is 4.27. The number of likely N-dealkylation sites (tertiary alicyclic amines) is 1. The van der Waals surface area contributed by atoms with Crippen molar-refractivity contribution in [3.63, 3.8) is 0 Å². The molecular weight excluding hydrogens is 231 g/mol. The highest BCUT2D eigenvalue weighted by Gasteiger charge is 2.31. The average Bonchev–Trinajstić information content (AvgIpc) is 2.45. The zero-order chi connectivity index (χ0) is 11.5. The lowest BCUT2D eigenvalue weighted by Crippen LogP contribution is -2.28. The molecule has 0 bridgehead atoms. The first kappa shape index (κ1) is 12.6. The molecule has 0 aromatic heterocycles. The standard InChI is InChI=1S/C8H12F3NO2S/c9-8(10,11)15-2-1-12-4-6(5-13)3-7(12)14/h6,13H,1-5H2. The van der Waals surface area contributed by atoms with Gasteiger partial charge in [0.25, 0.3) is 0 Å². The Morgan fingerprint density at radius 3 is 2.67 bits per heavy atom. The van der Waals surface area contributed by atoms with Crippen LogP contribution in [-0.4, -0.2) is 46.9 Å². The maximum Gasteiger partial charge on any atom is 0.441 e. The predicted molar refractivity (Wildman–Crippen MR) is 50.3 cm³/mol. The van der Waals surface area contributed by atoms with Gasteiger partial charge in [-0.2, -0.15) is 13.2 Å². The first-order chi connectivity index (χ1) is 6.92. The van der Waals surface area contributed by atoms with Crippen molar-refractivity contribution in [1.82, 2.24) is 4.90 Å². The molecule has 1 fully saturated rings. The number of alkyl halides is 3. The normalized spacial score (nSPS) is 22.5. The first-order valence-corrected chi connectivity index (χ1v) is 5.50. The molecule has 0 aromatic carbocycles. The van der Waals surface area contributed by atoms with Crippen LogP contribution in [-0.2, 0) is 4.79 Å². The fraction of sp³-hybridized carbons (Fsp3) is 0.875. The smallest absolute Gasteiger partial charge is 0.396 e. The third-order valence-electron chi connectivity index (χ3n) is 2.18. The highest BCUT2D eigenvalue weighted by Crippen LogP contribution is 2.30. The number of carbonyl (C=O) groups is 1. The van der Waals surface area contributed by atoms with Crippen LogP contribution in [0.3, 0.4) is 0 Å². The molecule has 1 unspecified atom stereocenters. The Labute approximate surface area is 89.6 Å². The Morgan fingerprint density at radius 1 is 1.53 bits per heavy atom. The summed E-state index contributed by atoms with van der Waals surface area (Å²) in [5.74, 6) is -0.432. The van der Waals surface area contributed by atoms with E-state index in [2.05, 4.69) is 0 Å². The molecule has 3 nitrogen and oxygen atoms in total. The van der Waals surface area contributed by atoms with Gasteiger partial charge < -0.3 is 10.0 Å². The van der Waals surface area contributed by atoms with Crippen molar-refractivity contribution in [2.24, 2.45) is 5.92 Å². The number of carbonyl (C=O) groups excluding carboxylic acids is 1. The zero-order valence-corrected chi connectivity index (χ0v) is 8.77. The lowest BCUT2D eigenvalue weighted by atomic mass is 10.1. The molecule has 1 N–H and O–H groups in total. The van der Waals surface area contributed by atoms with E-state index >= 15 is 0 Å². The number of halogens is 3. The van der Waals surface area contributed by atoms with E-state index in [-0.39, 0.29) is 48.9 Å². The molecular formula is C8H12F3NO2S. The number of aliphatic hydroxyl groups is 1. The largest absolute Gasteiger partial charge is 0.441 e. The molecule has 0 radical (unpaired) electrons. The van der Waals surface area contributed by atoms with E-state index in [0.717, 1.165) is 0 Å². The number of amides is 1. The Morgan fingerprint density at radius 2 is 2.20 bits per heavy atom. The van der Waals surface area contributed by atoms with E-state index in [9.17, 15) is 18.0 Å². The molecule has 1 rings (SSSR count). The number of rotatable bonds is 4. The topological polar surface area (TPSA) is 40.5 Å². The average molecular weight is 243 g/mol. The first-order valence-electron chi connectivity index (χ1n) is 4.51. The van der Waals surface area contributed by atoms with E-state index in [1.165, 1.54) is 4.90 Å². The second-order valence-corrected chi connectivity index (χ2v) is 4.55. The SMILES string of the molecule is O=C1CC(CO)CN1CCSC(F)(F)F. The van der Waals surface area contributed by atoms with Crippen molar-refractivity contribution in [2.75, 3.05) is 25.4 Å². The second-order valence-electron chi connectivity index (χ2n) is 3.39. The summed E-state index contributed by atoms with van der Waals surface area (Å²) >= 11 is -0.125. The maximum atomic E-state index is 11.8. The molecule has 1 amide bonds. The number of nitrogens with zero attached hydrogens (tertiary/aromatic N) is 1. The maximum absolute atomic E-state index is 11.8. The van der Waals surface area contributed by atoms with E-state index in [1.54, 1.807) is 0 Å². The molecule has 0 aromatic rings. The van der Waals surface area contributed by atoms with Crippen LogP contribution >= 0.6 is 11.8 Å². The molecule has 0 spiro atoms. The summed E-state index contributed by atoms with van der Waals surface area (Å²) in [4.78, 5) is 12.6. The predicted octanol–water partition coefficient (Wildman–Crippen LogP) is 1.08. The molecule has 1 aliphatic heterocycles. The lowest BCUT2D eigenvalue weighted by molar-refractivity contribution is -0.127. The van der Waals surface area contributed by atoms with Crippen LogP contribution < -0.4 is 0 Å². The minimum atomic E-state index is -4.24. The lowest BCUT2D eigenvalue weighted by Gasteiger charge is -2.16. The molecule has 1 aliphatic rings. The quantitative estimate of drug-likeness (QED) is 0.803. The van der Waals surface area contributed by atoms with E-state index in [0.29, 0.717) is 6.54 Å². The number of thioether (sulfide) groups is 1. The van der Waals surface area contributed by atoms with Crippen LogP contribution in [0.2, 0.25) is 0 Å². The van der Waals surface area contributed by atoms with Crippen molar-refractivity contribution >= 4 is 17.7 Å². The van der Waals surface area contributed by atoms with Crippen molar-refractivity contribution in [2.45, 2.75) is 11.9 Å². The Balaban J connectivity index is 2.25. The van der Waals surface area contributed by atoms with Crippen LogP contribution in [0.5, 0.6) is 0 Å². The van der Waals surface area contributed by atoms with Gasteiger partial charge >= 0.3 is 5.51 Å². The van der Waals surface area contributed by atoms with Gasteiger partial charge in [-0.3, -0.25) is 4.79 Å². The summed E-state index contributed by atoms with van der Waals surface area (Å²) < 4.78 is 35.4. The third-order valence-corrected chi connectivity index (χ3v) is 2.89. The molecule has 0 saturated carbocycles. The summed E-state index contributed by atoms with van der Waals surface area (Å²) in [5, 5.41) is 8.79. The van der Waals surface area contributed by atoms with Gasteiger partial charge in [0.15, 0.2) is 0 Å².